The summed E-state index contributed by atoms with van der Waals surface area (Å²) in [7, 11) is 0. The van der Waals surface area contributed by atoms with Gasteiger partial charge >= 0.3 is 0 Å². The van der Waals surface area contributed by atoms with Gasteiger partial charge in [-0.2, -0.15) is 0 Å². The van der Waals surface area contributed by atoms with Crippen LogP contribution in [0.1, 0.15) is 52.9 Å². The molecule has 2 rings (SSSR count). The fourth-order valence-corrected chi connectivity index (χ4v) is 4.28. The average molecular weight is 196 g/mol. The second-order valence-electron chi connectivity index (χ2n) is 6.00. The van der Waals surface area contributed by atoms with E-state index in [0.717, 1.165) is 18.3 Å². The summed E-state index contributed by atoms with van der Waals surface area (Å²) in [6, 6.07) is 0. The number of hydrogen-bond acceptors (Lipinski definition) is 1. The van der Waals surface area contributed by atoms with E-state index < -0.39 is 0 Å². The highest BCUT2D eigenvalue weighted by molar-refractivity contribution is 5.00. The Labute approximate surface area is 87.9 Å². The van der Waals surface area contributed by atoms with Crippen LogP contribution in [0.5, 0.6) is 0 Å². The summed E-state index contributed by atoms with van der Waals surface area (Å²) in [5.41, 5.74) is 0.450. The van der Waals surface area contributed by atoms with Gasteiger partial charge in [0.2, 0.25) is 0 Å². The van der Waals surface area contributed by atoms with Crippen LogP contribution in [0.2, 0.25) is 0 Å². The van der Waals surface area contributed by atoms with Gasteiger partial charge in [-0.05, 0) is 48.9 Å². The van der Waals surface area contributed by atoms with Crippen molar-refractivity contribution >= 4 is 0 Å². The minimum Gasteiger partial charge on any atom is -0.393 e. The zero-order valence-corrected chi connectivity index (χ0v) is 9.79. The largest absolute Gasteiger partial charge is 0.393 e. The molecule has 82 valence electrons. The smallest absolute Gasteiger partial charge is 0.0573 e. The Bertz CT molecular complexity index is 203. The molecule has 2 fully saturated rings. The summed E-state index contributed by atoms with van der Waals surface area (Å²) in [5, 5.41) is 10.0. The number of aliphatic hydroxyl groups is 1. The molecule has 0 aromatic rings. The summed E-state index contributed by atoms with van der Waals surface area (Å²) in [6.07, 6.45) is 6.23. The highest BCUT2D eigenvalue weighted by Gasteiger charge is 2.51. The predicted octanol–water partition coefficient (Wildman–Crippen LogP) is 3.22. The van der Waals surface area contributed by atoms with E-state index in [1.807, 2.05) is 0 Å². The maximum atomic E-state index is 10.0. The first-order valence-electron chi connectivity index (χ1n) is 6.24. The standard InChI is InChI=1S/C13H24O/c1-9(2)10-6-7-11-12(14)5-4-8-13(10,11)3/h9-12,14H,4-8H2,1-3H3. The van der Waals surface area contributed by atoms with Gasteiger partial charge in [0.15, 0.2) is 0 Å². The molecule has 4 atom stereocenters. The highest BCUT2D eigenvalue weighted by atomic mass is 16.3. The maximum Gasteiger partial charge on any atom is 0.0573 e. The molecule has 1 heteroatoms. The average Bonchev–Trinajstić information content (AvgIpc) is 2.43. The second-order valence-corrected chi connectivity index (χ2v) is 6.00. The molecule has 2 aliphatic carbocycles. The monoisotopic (exact) mass is 196 g/mol. The predicted molar refractivity (Wildman–Crippen MR) is 59.0 cm³/mol. The molecule has 0 bridgehead atoms. The minimum absolute atomic E-state index is 0.00231. The van der Waals surface area contributed by atoms with Crippen molar-refractivity contribution in [2.24, 2.45) is 23.2 Å². The lowest BCUT2D eigenvalue weighted by molar-refractivity contribution is -0.0253. The van der Waals surface area contributed by atoms with Gasteiger partial charge in [0.1, 0.15) is 0 Å². The molecule has 0 spiro atoms. The van der Waals surface area contributed by atoms with Crippen LogP contribution in [0.4, 0.5) is 0 Å². The summed E-state index contributed by atoms with van der Waals surface area (Å²) in [6.45, 7) is 7.12. The van der Waals surface area contributed by atoms with E-state index in [1.165, 1.54) is 25.7 Å². The summed E-state index contributed by atoms with van der Waals surface area (Å²) in [5.74, 6) is 2.24. The van der Waals surface area contributed by atoms with Crippen LogP contribution in [0.15, 0.2) is 0 Å². The molecule has 4 unspecified atom stereocenters. The normalized spacial score (nSPS) is 48.2. The number of aliphatic hydroxyl groups excluding tert-OH is 1. The van der Waals surface area contributed by atoms with Crippen molar-refractivity contribution in [3.63, 3.8) is 0 Å². The third-order valence-corrected chi connectivity index (χ3v) is 4.97. The molecule has 2 saturated carbocycles. The van der Waals surface area contributed by atoms with Crippen LogP contribution >= 0.6 is 0 Å². The summed E-state index contributed by atoms with van der Waals surface area (Å²) < 4.78 is 0. The van der Waals surface area contributed by atoms with Crippen LogP contribution in [-0.2, 0) is 0 Å². The Morgan fingerprint density at radius 2 is 1.93 bits per heavy atom. The first-order chi connectivity index (χ1) is 6.55. The van der Waals surface area contributed by atoms with Crippen LogP contribution in [0.25, 0.3) is 0 Å². The lowest BCUT2D eigenvalue weighted by atomic mass is 9.62. The van der Waals surface area contributed by atoms with E-state index in [9.17, 15) is 5.11 Å². The molecular weight excluding hydrogens is 172 g/mol. The van der Waals surface area contributed by atoms with Crippen LogP contribution in [0, 0.1) is 23.2 Å². The SMILES string of the molecule is CC(C)C1CCC2C(O)CCCC12C. The molecule has 14 heavy (non-hydrogen) atoms. The molecule has 1 nitrogen and oxygen atoms in total. The lowest BCUT2D eigenvalue weighted by Gasteiger charge is -2.44. The number of hydrogen-bond donors (Lipinski definition) is 1. The van der Waals surface area contributed by atoms with Gasteiger partial charge in [0.05, 0.1) is 6.10 Å². The summed E-state index contributed by atoms with van der Waals surface area (Å²) >= 11 is 0. The van der Waals surface area contributed by atoms with Gasteiger partial charge in [-0.1, -0.05) is 27.2 Å². The van der Waals surface area contributed by atoms with Gasteiger partial charge in [-0.3, -0.25) is 0 Å². The van der Waals surface area contributed by atoms with Crippen LogP contribution in [-0.4, -0.2) is 11.2 Å². The molecule has 0 saturated heterocycles. The Balaban J connectivity index is 2.20. The van der Waals surface area contributed by atoms with E-state index in [4.69, 9.17) is 0 Å². The fourth-order valence-electron chi connectivity index (χ4n) is 4.28. The zero-order valence-electron chi connectivity index (χ0n) is 9.79. The van der Waals surface area contributed by atoms with Crippen molar-refractivity contribution in [2.45, 2.75) is 59.0 Å². The van der Waals surface area contributed by atoms with E-state index in [0.29, 0.717) is 11.3 Å². The maximum absolute atomic E-state index is 10.0. The van der Waals surface area contributed by atoms with E-state index in [1.54, 1.807) is 0 Å². The lowest BCUT2D eigenvalue weighted by Crippen LogP contribution is -2.41. The Hall–Kier alpha value is -0.0400. The van der Waals surface area contributed by atoms with Crippen molar-refractivity contribution in [1.29, 1.82) is 0 Å². The molecular formula is C13H24O. The third kappa shape index (κ3) is 1.41. The van der Waals surface area contributed by atoms with Crippen LogP contribution in [0.3, 0.4) is 0 Å². The van der Waals surface area contributed by atoms with E-state index >= 15 is 0 Å². The molecule has 0 radical (unpaired) electrons. The molecule has 0 aromatic carbocycles. The van der Waals surface area contributed by atoms with Gasteiger partial charge in [-0.25, -0.2) is 0 Å². The van der Waals surface area contributed by atoms with Crippen molar-refractivity contribution in [3.05, 3.63) is 0 Å². The number of rotatable bonds is 1. The molecule has 2 aliphatic rings. The number of fused-ring (bicyclic) bond motifs is 1. The van der Waals surface area contributed by atoms with Gasteiger partial charge in [0.25, 0.3) is 0 Å². The van der Waals surface area contributed by atoms with Gasteiger partial charge in [-0.15, -0.1) is 0 Å². The quantitative estimate of drug-likeness (QED) is 0.682. The topological polar surface area (TPSA) is 20.2 Å². The Morgan fingerprint density at radius 1 is 1.21 bits per heavy atom. The van der Waals surface area contributed by atoms with Crippen molar-refractivity contribution in [2.75, 3.05) is 0 Å². The van der Waals surface area contributed by atoms with E-state index in [2.05, 4.69) is 20.8 Å². The molecule has 0 amide bonds. The summed E-state index contributed by atoms with van der Waals surface area (Å²) in [4.78, 5) is 0. The second kappa shape index (κ2) is 3.52. The molecule has 0 aromatic heterocycles. The zero-order chi connectivity index (χ0) is 10.3. The van der Waals surface area contributed by atoms with Crippen molar-refractivity contribution in [3.8, 4) is 0 Å². The Morgan fingerprint density at radius 3 is 2.57 bits per heavy atom. The molecule has 1 N–H and O–H groups in total. The first kappa shape index (κ1) is 10.5. The molecule has 0 aliphatic heterocycles. The minimum atomic E-state index is -0.00231. The third-order valence-electron chi connectivity index (χ3n) is 4.97. The molecule has 0 heterocycles. The van der Waals surface area contributed by atoms with Gasteiger partial charge in [0, 0.05) is 0 Å². The van der Waals surface area contributed by atoms with Crippen molar-refractivity contribution in [1.82, 2.24) is 0 Å². The van der Waals surface area contributed by atoms with Crippen molar-refractivity contribution < 1.29 is 5.11 Å². The highest BCUT2D eigenvalue weighted by Crippen LogP contribution is 2.57. The van der Waals surface area contributed by atoms with Gasteiger partial charge < -0.3 is 5.11 Å². The fraction of sp³-hybridized carbons (Fsp3) is 1.00. The Kier molecular flexibility index (Phi) is 2.63. The first-order valence-corrected chi connectivity index (χ1v) is 6.24. The van der Waals surface area contributed by atoms with Crippen LogP contribution < -0.4 is 0 Å². The van der Waals surface area contributed by atoms with E-state index in [-0.39, 0.29) is 6.10 Å².